The Morgan fingerprint density at radius 1 is 1.15 bits per heavy atom. The molecule has 5 nitrogen and oxygen atoms in total. The van der Waals surface area contributed by atoms with Crippen molar-refractivity contribution >= 4 is 18.4 Å². The number of aryl methyl sites for hydroxylation is 2. The van der Waals surface area contributed by atoms with Crippen LogP contribution in [0.5, 0.6) is 0 Å². The summed E-state index contributed by atoms with van der Waals surface area (Å²) in [6, 6.07) is 4.37. The molecule has 2 unspecified atom stereocenters. The summed E-state index contributed by atoms with van der Waals surface area (Å²) in [5.41, 5.74) is 11.3. The van der Waals surface area contributed by atoms with E-state index in [1.165, 1.54) is 5.57 Å². The molecule has 1 aromatic rings. The third kappa shape index (κ3) is 16.9. The van der Waals surface area contributed by atoms with E-state index in [-0.39, 0.29) is 25.0 Å². The normalized spacial score (nSPS) is 17.7. The zero-order valence-corrected chi connectivity index (χ0v) is 32.0. The Hall–Kier alpha value is -2.58. The van der Waals surface area contributed by atoms with E-state index in [0.29, 0.717) is 18.9 Å². The molecule has 2 atom stereocenters. The predicted molar refractivity (Wildman–Crippen MR) is 206 cm³/mol. The first-order valence-electron chi connectivity index (χ1n) is 17.7. The van der Waals surface area contributed by atoms with Gasteiger partial charge in [0.05, 0.1) is 6.54 Å². The molecule has 3 N–H and O–H groups in total. The number of nitrogens with two attached hydrogens (primary N) is 1. The molecule has 1 aromatic heterocycles. The van der Waals surface area contributed by atoms with Crippen molar-refractivity contribution in [2.45, 2.75) is 124 Å². The zero-order chi connectivity index (χ0) is 35.8. The number of hydrogen-bond donors (Lipinski definition) is 3. The van der Waals surface area contributed by atoms with Gasteiger partial charge in [0.15, 0.2) is 0 Å². The minimum Gasteiger partial charge on any atom is -0.383 e. The first kappa shape index (κ1) is 44.4. The van der Waals surface area contributed by atoms with Gasteiger partial charge in [-0.25, -0.2) is 13.8 Å². The van der Waals surface area contributed by atoms with Crippen LogP contribution in [0.4, 0.5) is 14.6 Å². The van der Waals surface area contributed by atoms with Crippen LogP contribution in [0.2, 0.25) is 0 Å². The van der Waals surface area contributed by atoms with Crippen LogP contribution in [-0.4, -0.2) is 65.7 Å². The second-order valence-corrected chi connectivity index (χ2v) is 11.7. The highest BCUT2D eigenvalue weighted by Crippen LogP contribution is 2.28. The van der Waals surface area contributed by atoms with Crippen LogP contribution in [0.1, 0.15) is 105 Å². The van der Waals surface area contributed by atoms with Gasteiger partial charge in [-0.15, -0.1) is 0 Å². The number of rotatable bonds is 14. The molecule has 2 heterocycles. The molecule has 268 valence electrons. The molecular formula is C39H67F2N5S. The lowest BCUT2D eigenvalue weighted by atomic mass is 10.0. The van der Waals surface area contributed by atoms with Gasteiger partial charge in [-0.3, -0.25) is 4.90 Å². The molecule has 2 aliphatic rings. The van der Waals surface area contributed by atoms with Gasteiger partial charge in [0.2, 0.25) is 0 Å². The van der Waals surface area contributed by atoms with E-state index < -0.39 is 5.92 Å². The topological polar surface area (TPSA) is 57.4 Å². The van der Waals surface area contributed by atoms with Gasteiger partial charge < -0.3 is 16.0 Å². The van der Waals surface area contributed by atoms with Crippen molar-refractivity contribution in [3.63, 3.8) is 0 Å². The van der Waals surface area contributed by atoms with Gasteiger partial charge in [0.1, 0.15) is 5.82 Å². The third-order valence-corrected chi connectivity index (χ3v) is 8.35. The van der Waals surface area contributed by atoms with E-state index in [9.17, 15) is 8.78 Å². The molecule has 3 rings (SSSR count). The summed E-state index contributed by atoms with van der Waals surface area (Å²) in [6.45, 7) is 19.2. The minimum atomic E-state index is -2.69. The number of halogens is 2. The van der Waals surface area contributed by atoms with E-state index in [1.807, 2.05) is 37.8 Å². The SMILES string of the molecule is C/C=C/CC.C=C1C=C(C2=CCCC=C2)N(C)C(C)C(CCN(CCCCc2ccc(CC)c(N)n2)CC(F)(F)CC)N1.CC.CS. The number of nitrogens with one attached hydrogen (secondary N) is 1. The molecule has 8 heteroatoms. The minimum absolute atomic E-state index is 0.108. The van der Waals surface area contributed by atoms with Crippen LogP contribution in [-0.2, 0) is 12.8 Å². The van der Waals surface area contributed by atoms with Crippen molar-refractivity contribution in [3.05, 3.63) is 83.4 Å². The molecule has 0 saturated carbocycles. The summed E-state index contributed by atoms with van der Waals surface area (Å²) in [5, 5.41) is 3.57. The lowest BCUT2D eigenvalue weighted by Crippen LogP contribution is -2.47. The zero-order valence-electron chi connectivity index (χ0n) is 31.1. The van der Waals surface area contributed by atoms with E-state index in [1.54, 1.807) is 13.2 Å². The molecule has 1 aliphatic heterocycles. The molecule has 0 saturated heterocycles. The first-order valence-corrected chi connectivity index (χ1v) is 18.6. The van der Waals surface area contributed by atoms with E-state index in [4.69, 9.17) is 5.73 Å². The van der Waals surface area contributed by atoms with Crippen LogP contribution in [0.3, 0.4) is 0 Å². The number of thiol groups is 1. The highest BCUT2D eigenvalue weighted by molar-refractivity contribution is 7.79. The average molecular weight is 676 g/mol. The highest BCUT2D eigenvalue weighted by Gasteiger charge is 2.31. The third-order valence-electron chi connectivity index (χ3n) is 8.35. The molecule has 0 spiro atoms. The molecule has 0 radical (unpaired) electrons. The molecule has 1 aliphatic carbocycles. The molecule has 0 amide bonds. The number of pyridine rings is 1. The summed E-state index contributed by atoms with van der Waals surface area (Å²) < 4.78 is 28.9. The summed E-state index contributed by atoms with van der Waals surface area (Å²) in [4.78, 5) is 8.75. The fourth-order valence-electron chi connectivity index (χ4n) is 5.45. The van der Waals surface area contributed by atoms with Gasteiger partial charge >= 0.3 is 0 Å². The standard InChI is InChI=1S/C31H47F2N5.C5H10.C2H6.CH4S/c1-6-25-16-17-27(36-30(25)34)15-11-12-19-38(22-31(32,33)7-2)20-18-28-24(4)37(5)29(21-23(3)35-28)26-13-9-8-10-14-26;1-3-5-4-2;2*1-2/h9,13-14,16-17,21,24,28,35H,3,6-8,10-12,15,18-20,22H2,1-2,4-5H3,(H2,34,36);3,5H,4H2,1-2H3;1-2H3;2H,1H3/b;5-3+;;. The van der Waals surface area contributed by atoms with Crippen molar-refractivity contribution < 1.29 is 8.78 Å². The molecule has 47 heavy (non-hydrogen) atoms. The Labute approximate surface area is 293 Å². The molecular weight excluding hydrogens is 609 g/mol. The fraction of sp³-hybridized carbons (Fsp3) is 0.615. The number of aromatic nitrogens is 1. The maximum Gasteiger partial charge on any atom is 0.260 e. The Morgan fingerprint density at radius 2 is 1.85 bits per heavy atom. The average Bonchev–Trinajstić information content (AvgIpc) is 3.19. The van der Waals surface area contributed by atoms with Crippen LogP contribution in [0.15, 0.2) is 72.1 Å². The smallest absolute Gasteiger partial charge is 0.260 e. The number of alkyl halides is 2. The van der Waals surface area contributed by atoms with Gasteiger partial charge in [-0.05, 0) is 101 Å². The second-order valence-electron chi connectivity index (χ2n) is 11.7. The lowest BCUT2D eigenvalue weighted by Gasteiger charge is -2.35. The number of hydrogen-bond acceptors (Lipinski definition) is 6. The van der Waals surface area contributed by atoms with Gasteiger partial charge in [0, 0.05) is 49.2 Å². The molecule has 0 bridgehead atoms. The van der Waals surface area contributed by atoms with Crippen molar-refractivity contribution in [2.75, 3.05) is 38.7 Å². The summed E-state index contributed by atoms with van der Waals surface area (Å²) in [6.07, 6.45) is 21.9. The maximum atomic E-state index is 14.5. The first-order chi connectivity index (χ1) is 22.5. The van der Waals surface area contributed by atoms with Crippen molar-refractivity contribution in [1.82, 2.24) is 20.1 Å². The van der Waals surface area contributed by atoms with Crippen LogP contribution in [0, 0.1) is 0 Å². The van der Waals surface area contributed by atoms with Crippen LogP contribution >= 0.6 is 12.6 Å². The Balaban J connectivity index is 0.00000211. The number of likely N-dealkylation sites (N-methyl/N-ethyl adjacent to an activating group) is 1. The van der Waals surface area contributed by atoms with Crippen molar-refractivity contribution in [3.8, 4) is 0 Å². The van der Waals surface area contributed by atoms with Gasteiger partial charge in [0.25, 0.3) is 5.92 Å². The number of unbranched alkanes of at least 4 members (excludes halogenated alkanes) is 1. The predicted octanol–water partition coefficient (Wildman–Crippen LogP) is 9.80. The summed E-state index contributed by atoms with van der Waals surface area (Å²) in [7, 11) is 2.11. The lowest BCUT2D eigenvalue weighted by molar-refractivity contribution is -0.0364. The van der Waals surface area contributed by atoms with E-state index in [0.717, 1.165) is 74.0 Å². The highest BCUT2D eigenvalue weighted by atomic mass is 32.1. The quantitative estimate of drug-likeness (QED) is 0.104. The van der Waals surface area contributed by atoms with E-state index >= 15 is 0 Å². The molecule has 0 aromatic carbocycles. The Bertz CT molecular complexity index is 1130. The second kappa shape index (κ2) is 25.4. The largest absolute Gasteiger partial charge is 0.383 e. The number of anilines is 1. The maximum absolute atomic E-state index is 14.5. The monoisotopic (exact) mass is 676 g/mol. The van der Waals surface area contributed by atoms with Crippen molar-refractivity contribution in [1.29, 1.82) is 0 Å². The van der Waals surface area contributed by atoms with Gasteiger partial charge in [-0.2, -0.15) is 12.6 Å². The molecule has 0 fully saturated rings. The van der Waals surface area contributed by atoms with Crippen molar-refractivity contribution in [2.24, 2.45) is 0 Å². The Kier molecular flexibility index (Phi) is 24.0. The Morgan fingerprint density at radius 3 is 2.38 bits per heavy atom. The van der Waals surface area contributed by atoms with Crippen LogP contribution in [0.25, 0.3) is 0 Å². The van der Waals surface area contributed by atoms with Crippen LogP contribution < -0.4 is 11.1 Å². The number of nitrogen functional groups attached to an aromatic ring is 1. The summed E-state index contributed by atoms with van der Waals surface area (Å²) in [5.74, 6) is -2.09. The van der Waals surface area contributed by atoms with E-state index in [2.05, 4.69) is 98.7 Å². The number of nitrogens with zero attached hydrogens (tertiary/aromatic N) is 3. The van der Waals surface area contributed by atoms with Gasteiger partial charge in [-0.1, -0.05) is 77.6 Å². The number of allylic oxidation sites excluding steroid dienone is 6. The summed E-state index contributed by atoms with van der Waals surface area (Å²) >= 11 is 3.53. The fourth-order valence-corrected chi connectivity index (χ4v) is 5.45.